The van der Waals surface area contributed by atoms with Crippen LogP contribution >= 0.6 is 0 Å². The van der Waals surface area contributed by atoms with Gasteiger partial charge in [-0.05, 0) is 48.9 Å². The molecule has 0 fully saturated rings. The van der Waals surface area contributed by atoms with Crippen LogP contribution in [0.4, 0.5) is 18.9 Å². The van der Waals surface area contributed by atoms with Crippen LogP contribution < -0.4 is 10.0 Å². The van der Waals surface area contributed by atoms with Crippen LogP contribution in [0.1, 0.15) is 21.5 Å². The normalized spacial score (nSPS) is 11.9. The zero-order chi connectivity index (χ0) is 20.9. The molecule has 0 spiro atoms. The number of benzene rings is 2. The first kappa shape index (κ1) is 21.7. The number of rotatable bonds is 7. The molecule has 152 valence electrons. The molecule has 0 aliphatic heterocycles. The van der Waals surface area contributed by atoms with Crippen molar-refractivity contribution in [2.75, 3.05) is 25.0 Å². The summed E-state index contributed by atoms with van der Waals surface area (Å²) in [6.07, 6.45) is -4.51. The third kappa shape index (κ3) is 5.46. The topological polar surface area (TPSA) is 84.5 Å². The summed E-state index contributed by atoms with van der Waals surface area (Å²) in [5.41, 5.74) is -0.171. The van der Waals surface area contributed by atoms with Crippen LogP contribution in [-0.4, -0.2) is 34.6 Å². The maximum absolute atomic E-state index is 12.6. The predicted octanol–water partition coefficient (Wildman–Crippen LogP) is 3.19. The number of hydrogen-bond donors (Lipinski definition) is 2. The molecule has 0 aliphatic rings. The zero-order valence-corrected chi connectivity index (χ0v) is 15.9. The first-order chi connectivity index (χ1) is 13.0. The van der Waals surface area contributed by atoms with Gasteiger partial charge < -0.3 is 10.1 Å². The number of ether oxygens (including phenoxy) is 1. The van der Waals surface area contributed by atoms with E-state index in [9.17, 15) is 26.4 Å². The van der Waals surface area contributed by atoms with Gasteiger partial charge in [0.1, 0.15) is 0 Å². The van der Waals surface area contributed by atoms with Gasteiger partial charge in [-0.15, -0.1) is 0 Å². The molecule has 2 aromatic rings. The Morgan fingerprint density at radius 3 is 2.32 bits per heavy atom. The highest BCUT2D eigenvalue weighted by molar-refractivity contribution is 7.92. The van der Waals surface area contributed by atoms with Gasteiger partial charge in [-0.3, -0.25) is 9.52 Å². The summed E-state index contributed by atoms with van der Waals surface area (Å²) < 4.78 is 70.0. The molecule has 0 heterocycles. The maximum atomic E-state index is 12.6. The number of carbonyl (C=O) groups is 1. The summed E-state index contributed by atoms with van der Waals surface area (Å²) in [4.78, 5) is 12.0. The smallest absolute Gasteiger partial charge is 0.383 e. The molecule has 10 heteroatoms. The summed E-state index contributed by atoms with van der Waals surface area (Å²) in [5, 5.41) is 2.60. The molecule has 2 N–H and O–H groups in total. The second-order valence-corrected chi connectivity index (χ2v) is 7.59. The van der Waals surface area contributed by atoms with Gasteiger partial charge in [-0.2, -0.15) is 13.2 Å². The molecule has 0 radical (unpaired) electrons. The molecule has 2 rings (SSSR count). The lowest BCUT2D eigenvalue weighted by Crippen LogP contribution is -2.28. The monoisotopic (exact) mass is 416 g/mol. The standard InChI is InChI=1S/C18H19F3N2O4S/c1-12-3-8-15(11-16(12)17(24)22-9-10-27-2)28(25,26)23-14-6-4-13(5-7-14)18(19,20)21/h3-8,11,23H,9-10H2,1-2H3,(H,22,24). The van der Waals surface area contributed by atoms with E-state index >= 15 is 0 Å². The average molecular weight is 416 g/mol. The zero-order valence-electron chi connectivity index (χ0n) is 15.1. The molecular formula is C18H19F3N2O4S. The molecule has 2 aromatic carbocycles. The van der Waals surface area contributed by atoms with Crippen LogP contribution in [0.15, 0.2) is 47.4 Å². The van der Waals surface area contributed by atoms with E-state index < -0.39 is 27.7 Å². The van der Waals surface area contributed by atoms with Crippen LogP contribution in [0.5, 0.6) is 0 Å². The van der Waals surface area contributed by atoms with Crippen molar-refractivity contribution in [2.24, 2.45) is 0 Å². The second-order valence-electron chi connectivity index (χ2n) is 5.91. The molecule has 0 saturated carbocycles. The minimum absolute atomic E-state index is 0.0281. The van der Waals surface area contributed by atoms with E-state index in [1.54, 1.807) is 6.92 Å². The summed E-state index contributed by atoms with van der Waals surface area (Å²) in [6, 6.07) is 7.60. The van der Waals surface area contributed by atoms with Crippen molar-refractivity contribution in [3.8, 4) is 0 Å². The molecule has 1 amide bonds. The van der Waals surface area contributed by atoms with Crippen LogP contribution in [-0.2, 0) is 20.9 Å². The number of alkyl halides is 3. The highest BCUT2D eigenvalue weighted by Crippen LogP contribution is 2.30. The minimum Gasteiger partial charge on any atom is -0.383 e. The Morgan fingerprint density at radius 2 is 1.75 bits per heavy atom. The van der Waals surface area contributed by atoms with Gasteiger partial charge in [0.2, 0.25) is 0 Å². The first-order valence-corrected chi connectivity index (χ1v) is 9.61. The number of nitrogens with one attached hydrogen (secondary N) is 2. The fourth-order valence-corrected chi connectivity index (χ4v) is 3.40. The molecule has 6 nitrogen and oxygen atoms in total. The maximum Gasteiger partial charge on any atom is 0.416 e. The number of halogens is 3. The molecule has 28 heavy (non-hydrogen) atoms. The number of amides is 1. The second kappa shape index (κ2) is 8.61. The predicted molar refractivity (Wildman–Crippen MR) is 97.6 cm³/mol. The Morgan fingerprint density at radius 1 is 1.11 bits per heavy atom. The number of sulfonamides is 1. The van der Waals surface area contributed by atoms with E-state index in [0.29, 0.717) is 12.2 Å². The Bertz CT molecular complexity index is 942. The van der Waals surface area contributed by atoms with Gasteiger partial charge >= 0.3 is 6.18 Å². The van der Waals surface area contributed by atoms with E-state index in [1.165, 1.54) is 25.3 Å². The highest BCUT2D eigenvalue weighted by Gasteiger charge is 2.30. The molecular weight excluding hydrogens is 397 g/mol. The molecule has 0 unspecified atom stereocenters. The van der Waals surface area contributed by atoms with Gasteiger partial charge in [0.05, 0.1) is 17.1 Å². The van der Waals surface area contributed by atoms with Crippen molar-refractivity contribution in [3.05, 3.63) is 59.2 Å². The van der Waals surface area contributed by atoms with Gasteiger partial charge in [0.15, 0.2) is 0 Å². The summed E-state index contributed by atoms with van der Waals surface area (Å²) >= 11 is 0. The van der Waals surface area contributed by atoms with E-state index in [2.05, 4.69) is 10.0 Å². The van der Waals surface area contributed by atoms with Crippen molar-refractivity contribution in [2.45, 2.75) is 18.0 Å². The number of anilines is 1. The van der Waals surface area contributed by atoms with Crippen LogP contribution in [0.2, 0.25) is 0 Å². The molecule has 0 saturated heterocycles. The van der Waals surface area contributed by atoms with Gasteiger partial charge in [0, 0.05) is 24.9 Å². The Labute approximate surface area is 160 Å². The number of carbonyl (C=O) groups excluding carboxylic acids is 1. The first-order valence-electron chi connectivity index (χ1n) is 8.12. The fourth-order valence-electron chi connectivity index (χ4n) is 2.32. The SMILES string of the molecule is COCCNC(=O)c1cc(S(=O)(=O)Nc2ccc(C(F)(F)F)cc2)ccc1C. The van der Waals surface area contributed by atoms with E-state index in [1.807, 2.05) is 0 Å². The van der Waals surface area contributed by atoms with Crippen molar-refractivity contribution >= 4 is 21.6 Å². The van der Waals surface area contributed by atoms with Crippen molar-refractivity contribution in [1.82, 2.24) is 5.32 Å². The summed E-state index contributed by atoms with van der Waals surface area (Å²) in [5.74, 6) is -0.457. The summed E-state index contributed by atoms with van der Waals surface area (Å²) in [6.45, 7) is 2.22. The van der Waals surface area contributed by atoms with E-state index in [4.69, 9.17) is 4.74 Å². The number of aryl methyl sites for hydroxylation is 1. The van der Waals surface area contributed by atoms with E-state index in [-0.39, 0.29) is 22.7 Å². The lowest BCUT2D eigenvalue weighted by Gasteiger charge is -2.12. The third-order valence-corrected chi connectivity index (χ3v) is 5.20. The molecule has 0 bridgehead atoms. The highest BCUT2D eigenvalue weighted by atomic mass is 32.2. The fraction of sp³-hybridized carbons (Fsp3) is 0.278. The van der Waals surface area contributed by atoms with Crippen molar-refractivity contribution < 1.29 is 31.1 Å². The van der Waals surface area contributed by atoms with Gasteiger partial charge in [-0.1, -0.05) is 6.07 Å². The number of methoxy groups -OCH3 is 1. The summed E-state index contributed by atoms with van der Waals surface area (Å²) in [7, 11) is -2.61. The quantitative estimate of drug-likeness (QED) is 0.679. The van der Waals surface area contributed by atoms with Crippen LogP contribution in [0.25, 0.3) is 0 Å². The average Bonchev–Trinajstić information content (AvgIpc) is 2.61. The van der Waals surface area contributed by atoms with Crippen LogP contribution in [0.3, 0.4) is 0 Å². The Balaban J connectivity index is 2.23. The Kier molecular flexibility index (Phi) is 6.68. The largest absolute Gasteiger partial charge is 0.416 e. The van der Waals surface area contributed by atoms with Crippen molar-refractivity contribution in [1.29, 1.82) is 0 Å². The third-order valence-electron chi connectivity index (χ3n) is 3.82. The lowest BCUT2D eigenvalue weighted by atomic mass is 10.1. The molecule has 0 atom stereocenters. The Hall–Kier alpha value is -2.59. The van der Waals surface area contributed by atoms with Crippen LogP contribution in [0, 0.1) is 6.92 Å². The van der Waals surface area contributed by atoms with Crippen molar-refractivity contribution in [3.63, 3.8) is 0 Å². The van der Waals surface area contributed by atoms with Gasteiger partial charge in [-0.25, -0.2) is 8.42 Å². The van der Waals surface area contributed by atoms with E-state index in [0.717, 1.165) is 24.3 Å². The number of hydrogen-bond acceptors (Lipinski definition) is 4. The molecule has 0 aromatic heterocycles. The lowest BCUT2D eigenvalue weighted by molar-refractivity contribution is -0.137. The molecule has 0 aliphatic carbocycles. The minimum atomic E-state index is -4.51. The van der Waals surface area contributed by atoms with Gasteiger partial charge in [0.25, 0.3) is 15.9 Å².